The van der Waals surface area contributed by atoms with Gasteiger partial charge in [-0.15, -0.1) is 0 Å². The van der Waals surface area contributed by atoms with Crippen LogP contribution >= 0.6 is 11.6 Å². The van der Waals surface area contributed by atoms with Crippen molar-refractivity contribution < 1.29 is 4.79 Å². The van der Waals surface area contributed by atoms with Gasteiger partial charge in [-0.05, 0) is 36.2 Å². The minimum absolute atomic E-state index is 0.155. The standard InChI is InChI=1S/C16H24ClN3O/c1-15(2)6-10(7-16(3,4)9-15)20-14(21)11-5-13(17)19-8-12(11)18/h5,8,10H,6-7,9,18H2,1-4H3,(H,20,21). The van der Waals surface area contributed by atoms with Crippen molar-refractivity contribution in [3.63, 3.8) is 0 Å². The molecule has 0 aromatic carbocycles. The Hall–Kier alpha value is -1.29. The van der Waals surface area contributed by atoms with Crippen LogP contribution in [0.4, 0.5) is 5.69 Å². The summed E-state index contributed by atoms with van der Waals surface area (Å²) in [5.74, 6) is -0.171. The highest BCUT2D eigenvalue weighted by atomic mass is 35.5. The maximum Gasteiger partial charge on any atom is 0.253 e. The van der Waals surface area contributed by atoms with Gasteiger partial charge in [0.2, 0.25) is 0 Å². The van der Waals surface area contributed by atoms with Gasteiger partial charge in [0, 0.05) is 6.04 Å². The zero-order valence-corrected chi connectivity index (χ0v) is 13.9. The lowest BCUT2D eigenvalue weighted by molar-refractivity contribution is 0.0714. The highest BCUT2D eigenvalue weighted by Crippen LogP contribution is 2.45. The Balaban J connectivity index is 2.14. The number of carbonyl (C=O) groups excluding carboxylic acids is 1. The lowest BCUT2D eigenvalue weighted by Crippen LogP contribution is -2.46. The van der Waals surface area contributed by atoms with Gasteiger partial charge in [-0.25, -0.2) is 4.98 Å². The first-order chi connectivity index (χ1) is 9.58. The van der Waals surface area contributed by atoms with Crippen molar-refractivity contribution in [2.24, 2.45) is 10.8 Å². The summed E-state index contributed by atoms with van der Waals surface area (Å²) in [6.07, 6.45) is 4.53. The van der Waals surface area contributed by atoms with Gasteiger partial charge in [0.15, 0.2) is 0 Å². The second kappa shape index (κ2) is 5.48. The van der Waals surface area contributed by atoms with Crippen LogP contribution < -0.4 is 11.1 Å². The summed E-state index contributed by atoms with van der Waals surface area (Å²) < 4.78 is 0. The predicted octanol–water partition coefficient (Wildman–Crippen LogP) is 3.65. The molecule has 0 radical (unpaired) electrons. The smallest absolute Gasteiger partial charge is 0.253 e. The summed E-state index contributed by atoms with van der Waals surface area (Å²) in [6, 6.07) is 1.67. The minimum atomic E-state index is -0.171. The van der Waals surface area contributed by atoms with Crippen LogP contribution in [-0.2, 0) is 0 Å². The molecule has 4 nitrogen and oxygen atoms in total. The van der Waals surface area contributed by atoms with Crippen LogP contribution in [0, 0.1) is 10.8 Å². The molecule has 0 saturated heterocycles. The summed E-state index contributed by atoms with van der Waals surface area (Å²) in [6.45, 7) is 9.02. The van der Waals surface area contributed by atoms with E-state index in [1.54, 1.807) is 0 Å². The zero-order valence-electron chi connectivity index (χ0n) is 13.2. The number of hydrogen-bond acceptors (Lipinski definition) is 3. The second-order valence-electron chi connectivity index (χ2n) is 7.68. The van der Waals surface area contributed by atoms with Gasteiger partial charge in [-0.3, -0.25) is 4.79 Å². The monoisotopic (exact) mass is 309 g/mol. The van der Waals surface area contributed by atoms with Gasteiger partial charge < -0.3 is 11.1 Å². The first-order valence-electron chi connectivity index (χ1n) is 7.30. The molecule has 116 valence electrons. The number of halogens is 1. The van der Waals surface area contributed by atoms with E-state index in [1.165, 1.54) is 12.3 Å². The van der Waals surface area contributed by atoms with Crippen LogP contribution in [0.1, 0.15) is 57.3 Å². The Morgan fingerprint density at radius 1 is 1.33 bits per heavy atom. The van der Waals surface area contributed by atoms with E-state index in [0.717, 1.165) is 19.3 Å². The SMILES string of the molecule is CC1(C)CC(NC(=O)c2cc(Cl)ncc2N)CC(C)(C)C1. The summed E-state index contributed by atoms with van der Waals surface area (Å²) >= 11 is 5.85. The Kier molecular flexibility index (Phi) is 4.20. The number of nitrogen functional groups attached to an aromatic ring is 1. The molecule has 1 aromatic heterocycles. The first-order valence-corrected chi connectivity index (χ1v) is 7.68. The third kappa shape index (κ3) is 4.10. The quantitative estimate of drug-likeness (QED) is 0.819. The summed E-state index contributed by atoms with van der Waals surface area (Å²) in [5, 5.41) is 3.39. The molecule has 1 heterocycles. The third-order valence-electron chi connectivity index (χ3n) is 4.04. The van der Waals surface area contributed by atoms with E-state index in [-0.39, 0.29) is 27.9 Å². The average Bonchev–Trinajstić information content (AvgIpc) is 2.27. The molecule has 21 heavy (non-hydrogen) atoms. The normalized spacial score (nSPS) is 21.0. The first kappa shape index (κ1) is 16.1. The molecule has 0 spiro atoms. The van der Waals surface area contributed by atoms with Crippen molar-refractivity contribution in [2.75, 3.05) is 5.73 Å². The maximum absolute atomic E-state index is 12.4. The molecule has 3 N–H and O–H groups in total. The molecule has 1 fully saturated rings. The zero-order chi connectivity index (χ0) is 15.8. The van der Waals surface area contributed by atoms with Crippen LogP contribution in [0.2, 0.25) is 5.15 Å². The molecule has 1 aliphatic rings. The molecule has 2 rings (SSSR count). The van der Waals surface area contributed by atoms with Gasteiger partial charge >= 0.3 is 0 Å². The number of nitrogens with two attached hydrogens (primary N) is 1. The molecule has 0 unspecified atom stereocenters. The molecule has 0 atom stereocenters. The number of hydrogen-bond donors (Lipinski definition) is 2. The van der Waals surface area contributed by atoms with Crippen LogP contribution in [0.15, 0.2) is 12.3 Å². The van der Waals surface area contributed by atoms with Crippen LogP contribution in [0.25, 0.3) is 0 Å². The van der Waals surface area contributed by atoms with E-state index in [9.17, 15) is 4.79 Å². The Labute approximate surface area is 131 Å². The second-order valence-corrected chi connectivity index (χ2v) is 8.07. The van der Waals surface area contributed by atoms with Crippen molar-refractivity contribution in [2.45, 2.75) is 53.0 Å². The van der Waals surface area contributed by atoms with Gasteiger partial charge in [0.1, 0.15) is 5.15 Å². The van der Waals surface area contributed by atoms with Gasteiger partial charge in [0.25, 0.3) is 5.91 Å². The number of aromatic nitrogens is 1. The molecular formula is C16H24ClN3O. The maximum atomic E-state index is 12.4. The summed E-state index contributed by atoms with van der Waals surface area (Å²) in [5.41, 5.74) is 7.02. The Bertz CT molecular complexity index is 538. The minimum Gasteiger partial charge on any atom is -0.397 e. The number of nitrogens with zero attached hydrogens (tertiary/aromatic N) is 1. The van der Waals surface area contributed by atoms with E-state index < -0.39 is 0 Å². The highest BCUT2D eigenvalue weighted by molar-refractivity contribution is 6.29. The number of amides is 1. The van der Waals surface area contributed by atoms with Gasteiger partial charge in [0.05, 0.1) is 17.4 Å². The number of anilines is 1. The van der Waals surface area contributed by atoms with Crippen molar-refractivity contribution in [3.05, 3.63) is 23.0 Å². The highest BCUT2D eigenvalue weighted by Gasteiger charge is 2.39. The van der Waals surface area contributed by atoms with Crippen molar-refractivity contribution >= 4 is 23.2 Å². The fraction of sp³-hybridized carbons (Fsp3) is 0.625. The topological polar surface area (TPSA) is 68.0 Å². The molecule has 0 bridgehead atoms. The lowest BCUT2D eigenvalue weighted by atomic mass is 9.63. The molecule has 1 amide bonds. The number of rotatable bonds is 2. The molecule has 0 aliphatic heterocycles. The van der Waals surface area contributed by atoms with Crippen molar-refractivity contribution in [1.29, 1.82) is 0 Å². The van der Waals surface area contributed by atoms with Crippen LogP contribution in [0.5, 0.6) is 0 Å². The molecule has 5 heteroatoms. The molecule has 1 aromatic rings. The van der Waals surface area contributed by atoms with Crippen molar-refractivity contribution in [3.8, 4) is 0 Å². The molecular weight excluding hydrogens is 286 g/mol. The summed E-state index contributed by atoms with van der Waals surface area (Å²) in [7, 11) is 0. The van der Waals surface area contributed by atoms with E-state index in [1.807, 2.05) is 0 Å². The third-order valence-corrected chi connectivity index (χ3v) is 4.24. The Morgan fingerprint density at radius 2 is 1.90 bits per heavy atom. The fourth-order valence-electron chi connectivity index (χ4n) is 3.85. The van der Waals surface area contributed by atoms with Gasteiger partial charge in [-0.2, -0.15) is 0 Å². The van der Waals surface area contributed by atoms with Crippen molar-refractivity contribution in [1.82, 2.24) is 10.3 Å². The molecule has 1 aliphatic carbocycles. The number of carbonyl (C=O) groups is 1. The van der Waals surface area contributed by atoms with Crippen LogP contribution in [-0.4, -0.2) is 16.9 Å². The average molecular weight is 310 g/mol. The van der Waals surface area contributed by atoms with E-state index >= 15 is 0 Å². The molecule has 1 saturated carbocycles. The summed E-state index contributed by atoms with van der Waals surface area (Å²) in [4.78, 5) is 16.3. The number of pyridine rings is 1. The van der Waals surface area contributed by atoms with E-state index in [4.69, 9.17) is 17.3 Å². The predicted molar refractivity (Wildman–Crippen MR) is 86.3 cm³/mol. The van der Waals surface area contributed by atoms with Gasteiger partial charge in [-0.1, -0.05) is 39.3 Å². The van der Waals surface area contributed by atoms with E-state index in [2.05, 4.69) is 38.0 Å². The number of nitrogens with one attached hydrogen (secondary N) is 1. The van der Waals surface area contributed by atoms with E-state index in [0.29, 0.717) is 11.3 Å². The largest absolute Gasteiger partial charge is 0.397 e. The van der Waals surface area contributed by atoms with Crippen LogP contribution in [0.3, 0.4) is 0 Å². The lowest BCUT2D eigenvalue weighted by Gasteiger charge is -2.45. The Morgan fingerprint density at radius 3 is 2.48 bits per heavy atom. The fourth-order valence-corrected chi connectivity index (χ4v) is 4.01.